The summed E-state index contributed by atoms with van der Waals surface area (Å²) >= 11 is 1.56. The van der Waals surface area contributed by atoms with Crippen LogP contribution in [0, 0.1) is 6.92 Å². The van der Waals surface area contributed by atoms with Gasteiger partial charge in [0.2, 0.25) is 0 Å². The second kappa shape index (κ2) is 13.2. The predicted octanol–water partition coefficient (Wildman–Crippen LogP) is 6.00. The van der Waals surface area contributed by atoms with E-state index in [-0.39, 0.29) is 18.3 Å². The molecule has 0 bridgehead atoms. The normalized spacial score (nSPS) is 13.7. The van der Waals surface area contributed by atoms with Gasteiger partial charge in [0.15, 0.2) is 5.13 Å². The van der Waals surface area contributed by atoms with Gasteiger partial charge in [-0.1, -0.05) is 59.9 Å². The van der Waals surface area contributed by atoms with Crippen LogP contribution in [0.4, 0.5) is 5.13 Å². The zero-order valence-corrected chi connectivity index (χ0v) is 23.5. The van der Waals surface area contributed by atoms with Crippen molar-refractivity contribution >= 4 is 45.0 Å². The maximum Gasteiger partial charge on any atom is 0.260 e. The molecule has 1 aromatic heterocycles. The van der Waals surface area contributed by atoms with E-state index in [0.717, 1.165) is 67.2 Å². The lowest BCUT2D eigenvalue weighted by atomic mass is 10.0. The lowest BCUT2D eigenvalue weighted by molar-refractivity contribution is 0.0376. The number of anilines is 1. The van der Waals surface area contributed by atoms with Gasteiger partial charge < -0.3 is 9.47 Å². The molecule has 0 spiro atoms. The smallest absolute Gasteiger partial charge is 0.260 e. The number of thiazole rings is 1. The Balaban J connectivity index is 0.00000336. The van der Waals surface area contributed by atoms with Gasteiger partial charge in [-0.2, -0.15) is 0 Å². The zero-order valence-electron chi connectivity index (χ0n) is 21.9. The zero-order chi connectivity index (χ0) is 25.6. The Morgan fingerprint density at radius 3 is 2.45 bits per heavy atom. The summed E-state index contributed by atoms with van der Waals surface area (Å²) in [5.41, 5.74) is 5.05. The van der Waals surface area contributed by atoms with Crippen LogP contribution >= 0.6 is 23.7 Å². The summed E-state index contributed by atoms with van der Waals surface area (Å²) in [5.74, 6) is 0.706. The van der Waals surface area contributed by atoms with Gasteiger partial charge in [0.1, 0.15) is 11.3 Å². The van der Waals surface area contributed by atoms with E-state index in [1.165, 1.54) is 11.1 Å². The first-order valence-corrected chi connectivity index (χ1v) is 13.6. The molecule has 1 saturated heterocycles. The molecule has 8 heteroatoms. The Labute approximate surface area is 234 Å². The van der Waals surface area contributed by atoms with Crippen LogP contribution in [0.5, 0.6) is 5.75 Å². The summed E-state index contributed by atoms with van der Waals surface area (Å²) in [4.78, 5) is 23.0. The fourth-order valence-electron chi connectivity index (χ4n) is 4.69. The number of aryl methyl sites for hydroxylation is 1. The number of rotatable bonds is 9. The lowest BCUT2D eigenvalue weighted by Gasteiger charge is -2.27. The molecule has 38 heavy (non-hydrogen) atoms. The molecule has 0 unspecified atom stereocenters. The first-order chi connectivity index (χ1) is 18.1. The molecule has 0 aliphatic carbocycles. The molecule has 6 nitrogen and oxygen atoms in total. The first-order valence-electron chi connectivity index (χ1n) is 12.8. The third-order valence-electron chi connectivity index (χ3n) is 6.80. The molecular weight excluding hydrogens is 518 g/mol. The lowest BCUT2D eigenvalue weighted by Crippen LogP contribution is -2.39. The Morgan fingerprint density at radius 1 is 1.03 bits per heavy atom. The molecule has 3 aromatic carbocycles. The van der Waals surface area contributed by atoms with Gasteiger partial charge in [0.25, 0.3) is 5.91 Å². The molecule has 2 heterocycles. The van der Waals surface area contributed by atoms with Crippen molar-refractivity contribution in [3.05, 3.63) is 89.0 Å². The number of amides is 1. The molecule has 1 amide bonds. The van der Waals surface area contributed by atoms with E-state index in [0.29, 0.717) is 17.2 Å². The largest absolute Gasteiger partial charge is 0.494 e. The van der Waals surface area contributed by atoms with Crippen LogP contribution in [0.1, 0.15) is 33.5 Å². The van der Waals surface area contributed by atoms with Crippen LogP contribution in [0.3, 0.4) is 0 Å². The highest BCUT2D eigenvalue weighted by molar-refractivity contribution is 7.22. The van der Waals surface area contributed by atoms with Crippen molar-refractivity contribution < 1.29 is 14.3 Å². The number of hydrogen-bond donors (Lipinski definition) is 0. The SMILES string of the molecule is COc1ccc(C)c2sc(N(CCCN3CCOCC3)C(=O)c3ccc(Cc4ccccc4)cc3)nc12.Cl. The van der Waals surface area contributed by atoms with Crippen molar-refractivity contribution in [1.82, 2.24) is 9.88 Å². The van der Waals surface area contributed by atoms with Crippen molar-refractivity contribution in [2.45, 2.75) is 19.8 Å². The van der Waals surface area contributed by atoms with Crippen molar-refractivity contribution in [2.24, 2.45) is 0 Å². The first kappa shape index (κ1) is 28.0. The Hall–Kier alpha value is -2.97. The number of carbonyl (C=O) groups excluding carboxylic acids is 1. The van der Waals surface area contributed by atoms with Crippen LogP contribution in [0.25, 0.3) is 10.2 Å². The number of halogens is 1. The number of fused-ring (bicyclic) bond motifs is 1. The number of hydrogen-bond acceptors (Lipinski definition) is 6. The second-order valence-electron chi connectivity index (χ2n) is 9.38. The maximum absolute atomic E-state index is 13.8. The molecule has 200 valence electrons. The monoisotopic (exact) mass is 551 g/mol. The van der Waals surface area contributed by atoms with Gasteiger partial charge in [-0.3, -0.25) is 14.6 Å². The summed E-state index contributed by atoms with van der Waals surface area (Å²) in [7, 11) is 1.66. The van der Waals surface area contributed by atoms with E-state index >= 15 is 0 Å². The van der Waals surface area contributed by atoms with Gasteiger partial charge in [0.05, 0.1) is 25.0 Å². The standard InChI is InChI=1S/C30H33N3O3S.ClH/c1-22-9-14-26(35-2)27-28(22)37-30(31-27)33(16-6-15-32-17-19-36-20-18-32)29(34)25-12-10-24(11-13-25)21-23-7-4-3-5-8-23;/h3-5,7-14H,6,15-21H2,1-2H3;1H. The van der Waals surface area contributed by atoms with Crippen molar-refractivity contribution in [3.8, 4) is 5.75 Å². The Bertz CT molecular complexity index is 1340. The molecule has 1 fully saturated rings. The van der Waals surface area contributed by atoms with Crippen LogP contribution in [0.15, 0.2) is 66.7 Å². The molecule has 5 rings (SSSR count). The average molecular weight is 552 g/mol. The Kier molecular flexibility index (Phi) is 9.74. The van der Waals surface area contributed by atoms with Crippen molar-refractivity contribution in [2.75, 3.05) is 51.4 Å². The van der Waals surface area contributed by atoms with Gasteiger partial charge in [-0.25, -0.2) is 4.98 Å². The van der Waals surface area contributed by atoms with E-state index in [2.05, 4.69) is 48.2 Å². The second-order valence-corrected chi connectivity index (χ2v) is 10.4. The van der Waals surface area contributed by atoms with Crippen molar-refractivity contribution in [3.63, 3.8) is 0 Å². The molecule has 0 atom stereocenters. The highest BCUT2D eigenvalue weighted by atomic mass is 35.5. The number of methoxy groups -OCH3 is 1. The van der Waals surface area contributed by atoms with E-state index in [1.807, 2.05) is 35.2 Å². The molecule has 1 aliphatic heterocycles. The summed E-state index contributed by atoms with van der Waals surface area (Å²) in [6.45, 7) is 7.02. The number of aromatic nitrogens is 1. The predicted molar refractivity (Wildman–Crippen MR) is 157 cm³/mol. The summed E-state index contributed by atoms with van der Waals surface area (Å²) in [6.07, 6.45) is 1.71. The van der Waals surface area contributed by atoms with Crippen LogP contribution in [-0.4, -0.2) is 62.3 Å². The summed E-state index contributed by atoms with van der Waals surface area (Å²) in [5, 5.41) is 0.711. The third-order valence-corrected chi connectivity index (χ3v) is 8.01. The molecule has 1 aliphatic rings. The fourth-order valence-corrected chi connectivity index (χ4v) is 5.77. The highest BCUT2D eigenvalue weighted by Gasteiger charge is 2.23. The number of ether oxygens (including phenoxy) is 2. The molecule has 0 saturated carbocycles. The molecule has 4 aromatic rings. The number of carbonyl (C=O) groups is 1. The minimum absolute atomic E-state index is 0. The number of nitrogens with zero attached hydrogens (tertiary/aromatic N) is 3. The van der Waals surface area contributed by atoms with Gasteiger partial charge in [-0.15, -0.1) is 12.4 Å². The third kappa shape index (κ3) is 6.53. The quantitative estimate of drug-likeness (QED) is 0.255. The summed E-state index contributed by atoms with van der Waals surface area (Å²) < 4.78 is 12.1. The molecule has 0 N–H and O–H groups in total. The van der Waals surface area contributed by atoms with E-state index in [9.17, 15) is 4.79 Å². The number of benzene rings is 3. The van der Waals surface area contributed by atoms with Gasteiger partial charge in [0, 0.05) is 31.7 Å². The van der Waals surface area contributed by atoms with Crippen LogP contribution < -0.4 is 9.64 Å². The minimum Gasteiger partial charge on any atom is -0.494 e. The maximum atomic E-state index is 13.8. The summed E-state index contributed by atoms with van der Waals surface area (Å²) in [6, 6.07) is 22.3. The van der Waals surface area contributed by atoms with Crippen LogP contribution in [-0.2, 0) is 11.2 Å². The highest BCUT2D eigenvalue weighted by Crippen LogP contribution is 2.37. The average Bonchev–Trinajstić information content (AvgIpc) is 3.39. The van der Waals surface area contributed by atoms with Crippen LogP contribution in [0.2, 0.25) is 0 Å². The minimum atomic E-state index is -0.0242. The Morgan fingerprint density at radius 2 is 1.74 bits per heavy atom. The number of morpholine rings is 1. The fraction of sp³-hybridized carbons (Fsp3) is 0.333. The molecule has 0 radical (unpaired) electrons. The van der Waals surface area contributed by atoms with Crippen molar-refractivity contribution in [1.29, 1.82) is 0 Å². The topological polar surface area (TPSA) is 54.9 Å². The van der Waals surface area contributed by atoms with Gasteiger partial charge in [-0.05, 0) is 54.7 Å². The van der Waals surface area contributed by atoms with Gasteiger partial charge >= 0.3 is 0 Å². The van der Waals surface area contributed by atoms with E-state index in [1.54, 1.807) is 18.4 Å². The van der Waals surface area contributed by atoms with E-state index < -0.39 is 0 Å². The molecular formula is C30H34ClN3O3S. The van der Waals surface area contributed by atoms with E-state index in [4.69, 9.17) is 14.5 Å².